The Bertz CT molecular complexity index is 198. The Morgan fingerprint density at radius 1 is 1.58 bits per heavy atom. The van der Waals surface area contributed by atoms with Gasteiger partial charge in [-0.3, -0.25) is 4.79 Å². The van der Waals surface area contributed by atoms with Gasteiger partial charge < -0.3 is 14.7 Å². The average molecular weight is 173 g/mol. The molecule has 1 heterocycles. The van der Waals surface area contributed by atoms with E-state index in [4.69, 9.17) is 5.11 Å². The second-order valence-electron chi connectivity index (χ2n) is 2.82. The number of ketones is 1. The second-order valence-corrected chi connectivity index (χ2v) is 2.82. The van der Waals surface area contributed by atoms with E-state index < -0.39 is 12.2 Å². The lowest BCUT2D eigenvalue weighted by Crippen LogP contribution is -2.53. The van der Waals surface area contributed by atoms with E-state index in [0.29, 0.717) is 13.1 Å². The number of nitrogens with zero attached hydrogens (tertiary/aromatic N) is 1. The Balaban J connectivity index is 2.17. The average Bonchev–Trinajstić information content (AvgIpc) is 1.94. The van der Waals surface area contributed by atoms with Gasteiger partial charge in [0, 0.05) is 0 Å². The zero-order valence-corrected chi connectivity index (χ0v) is 6.82. The summed E-state index contributed by atoms with van der Waals surface area (Å²) in [4.78, 5) is 22.7. The van der Waals surface area contributed by atoms with E-state index in [2.05, 4.69) is 4.74 Å². The van der Waals surface area contributed by atoms with Crippen molar-refractivity contribution in [3.8, 4) is 0 Å². The molecule has 0 spiro atoms. The van der Waals surface area contributed by atoms with Crippen LogP contribution in [0, 0.1) is 0 Å². The first-order chi connectivity index (χ1) is 5.59. The SMILES string of the molecule is CC(=O)COC(=O)N1CC(O)C1. The number of Topliss-reactive ketones (excluding diaryl/α,β-unsaturated/α-hetero) is 1. The molecule has 12 heavy (non-hydrogen) atoms. The molecule has 0 radical (unpaired) electrons. The molecule has 5 heteroatoms. The fourth-order valence-corrected chi connectivity index (χ4v) is 0.859. The summed E-state index contributed by atoms with van der Waals surface area (Å²) >= 11 is 0. The Morgan fingerprint density at radius 3 is 2.58 bits per heavy atom. The molecule has 0 aromatic carbocycles. The fourth-order valence-electron chi connectivity index (χ4n) is 0.859. The number of carbonyl (C=O) groups is 2. The third kappa shape index (κ3) is 2.20. The minimum Gasteiger partial charge on any atom is -0.441 e. The van der Waals surface area contributed by atoms with Gasteiger partial charge >= 0.3 is 6.09 Å². The second kappa shape index (κ2) is 3.53. The summed E-state index contributed by atoms with van der Waals surface area (Å²) in [5.41, 5.74) is 0. The lowest BCUT2D eigenvalue weighted by atomic mass is 10.2. The van der Waals surface area contributed by atoms with Crippen LogP contribution in [0.2, 0.25) is 0 Å². The van der Waals surface area contributed by atoms with Crippen LogP contribution < -0.4 is 0 Å². The Hall–Kier alpha value is -1.10. The molecule has 1 rings (SSSR count). The minimum absolute atomic E-state index is 0.189. The van der Waals surface area contributed by atoms with E-state index in [-0.39, 0.29) is 12.4 Å². The first-order valence-electron chi connectivity index (χ1n) is 3.69. The maximum atomic E-state index is 10.9. The smallest absolute Gasteiger partial charge is 0.410 e. The fraction of sp³-hybridized carbons (Fsp3) is 0.714. The van der Waals surface area contributed by atoms with Crippen LogP contribution in [0.4, 0.5) is 4.79 Å². The number of hydrogen-bond donors (Lipinski definition) is 1. The predicted molar refractivity (Wildman–Crippen MR) is 39.6 cm³/mol. The number of aliphatic hydroxyl groups is 1. The van der Waals surface area contributed by atoms with Crippen LogP contribution in [0.15, 0.2) is 0 Å². The van der Waals surface area contributed by atoms with E-state index in [1.54, 1.807) is 0 Å². The molecule has 0 saturated carbocycles. The van der Waals surface area contributed by atoms with Crippen LogP contribution >= 0.6 is 0 Å². The lowest BCUT2D eigenvalue weighted by molar-refractivity contribution is -0.120. The molecule has 0 bridgehead atoms. The third-order valence-corrected chi connectivity index (χ3v) is 1.52. The maximum absolute atomic E-state index is 10.9. The van der Waals surface area contributed by atoms with Crippen LogP contribution in [0.5, 0.6) is 0 Å². The van der Waals surface area contributed by atoms with Gasteiger partial charge in [0.15, 0.2) is 12.4 Å². The standard InChI is InChI=1S/C7H11NO4/c1-5(9)4-12-7(11)8-2-6(10)3-8/h6,10H,2-4H2,1H3. The number of β-amino-alcohol motifs (C(OH)–C–C–N with tert-alkyl or cyclic N) is 1. The zero-order valence-electron chi connectivity index (χ0n) is 6.82. The van der Waals surface area contributed by atoms with Crippen molar-refractivity contribution in [1.29, 1.82) is 0 Å². The summed E-state index contributed by atoms with van der Waals surface area (Å²) in [6.07, 6.45) is -0.967. The van der Waals surface area contributed by atoms with Crippen molar-refractivity contribution in [3.05, 3.63) is 0 Å². The van der Waals surface area contributed by atoms with Crippen LogP contribution in [0.3, 0.4) is 0 Å². The number of rotatable bonds is 2. The van der Waals surface area contributed by atoms with Gasteiger partial charge in [-0.1, -0.05) is 0 Å². The summed E-state index contributed by atoms with van der Waals surface area (Å²) in [6.45, 7) is 1.76. The highest BCUT2D eigenvalue weighted by molar-refractivity contribution is 5.79. The number of hydrogen-bond acceptors (Lipinski definition) is 4. The van der Waals surface area contributed by atoms with Crippen molar-refractivity contribution in [2.24, 2.45) is 0 Å². The number of amides is 1. The van der Waals surface area contributed by atoms with E-state index in [1.165, 1.54) is 11.8 Å². The molecule has 1 aliphatic rings. The molecule has 0 aromatic heterocycles. The van der Waals surface area contributed by atoms with Gasteiger partial charge in [-0.15, -0.1) is 0 Å². The molecule has 1 aliphatic heterocycles. The van der Waals surface area contributed by atoms with Crippen LogP contribution in [0.1, 0.15) is 6.92 Å². The monoisotopic (exact) mass is 173 g/mol. The molecule has 0 atom stereocenters. The zero-order chi connectivity index (χ0) is 9.14. The Labute approximate surface area is 69.9 Å². The van der Waals surface area contributed by atoms with Crippen LogP contribution in [-0.4, -0.2) is 47.7 Å². The Morgan fingerprint density at radius 2 is 2.17 bits per heavy atom. The summed E-state index contributed by atoms with van der Waals surface area (Å²) in [6, 6.07) is 0. The van der Waals surface area contributed by atoms with E-state index in [1.807, 2.05) is 0 Å². The van der Waals surface area contributed by atoms with Crippen LogP contribution in [-0.2, 0) is 9.53 Å². The first kappa shape index (κ1) is 8.99. The predicted octanol–water partition coefficient (Wildman–Crippen LogP) is -0.611. The lowest BCUT2D eigenvalue weighted by Gasteiger charge is -2.34. The van der Waals surface area contributed by atoms with E-state index in [0.717, 1.165) is 0 Å². The topological polar surface area (TPSA) is 66.8 Å². The molecule has 5 nitrogen and oxygen atoms in total. The minimum atomic E-state index is -0.532. The number of carbonyl (C=O) groups excluding carboxylic acids is 2. The molecule has 68 valence electrons. The molecule has 1 saturated heterocycles. The van der Waals surface area contributed by atoms with Gasteiger partial charge in [0.25, 0.3) is 0 Å². The van der Waals surface area contributed by atoms with Gasteiger partial charge in [-0.05, 0) is 6.92 Å². The summed E-state index contributed by atoms with van der Waals surface area (Å²) < 4.78 is 4.58. The number of ether oxygens (including phenoxy) is 1. The van der Waals surface area contributed by atoms with Crippen molar-refractivity contribution >= 4 is 11.9 Å². The molecule has 0 aromatic rings. The summed E-state index contributed by atoms with van der Waals surface area (Å²) in [7, 11) is 0. The third-order valence-electron chi connectivity index (χ3n) is 1.52. The number of likely N-dealkylation sites (tertiary alicyclic amines) is 1. The molecule has 1 fully saturated rings. The van der Waals surface area contributed by atoms with Crippen molar-refractivity contribution in [2.75, 3.05) is 19.7 Å². The van der Waals surface area contributed by atoms with Crippen molar-refractivity contribution in [1.82, 2.24) is 4.90 Å². The van der Waals surface area contributed by atoms with E-state index in [9.17, 15) is 9.59 Å². The van der Waals surface area contributed by atoms with Gasteiger partial charge in [0.05, 0.1) is 19.2 Å². The largest absolute Gasteiger partial charge is 0.441 e. The maximum Gasteiger partial charge on any atom is 0.410 e. The van der Waals surface area contributed by atoms with Crippen molar-refractivity contribution in [3.63, 3.8) is 0 Å². The normalized spacial score (nSPS) is 17.0. The van der Waals surface area contributed by atoms with Gasteiger partial charge in [0.1, 0.15) is 0 Å². The molecule has 1 N–H and O–H groups in total. The highest BCUT2D eigenvalue weighted by atomic mass is 16.6. The first-order valence-corrected chi connectivity index (χ1v) is 3.69. The molecule has 1 amide bonds. The van der Waals surface area contributed by atoms with Crippen molar-refractivity contribution < 1.29 is 19.4 Å². The molecular weight excluding hydrogens is 162 g/mol. The quantitative estimate of drug-likeness (QED) is 0.604. The molecular formula is C7H11NO4. The number of aliphatic hydroxyl groups excluding tert-OH is 1. The van der Waals surface area contributed by atoms with Gasteiger partial charge in [0.2, 0.25) is 0 Å². The molecule has 0 unspecified atom stereocenters. The van der Waals surface area contributed by atoms with Gasteiger partial charge in [-0.25, -0.2) is 4.79 Å². The summed E-state index contributed by atoms with van der Waals surface area (Å²) in [5.74, 6) is -0.190. The van der Waals surface area contributed by atoms with E-state index >= 15 is 0 Å². The van der Waals surface area contributed by atoms with Crippen LogP contribution in [0.25, 0.3) is 0 Å². The van der Waals surface area contributed by atoms with Crippen molar-refractivity contribution in [2.45, 2.75) is 13.0 Å². The molecule has 0 aliphatic carbocycles. The highest BCUT2D eigenvalue weighted by Gasteiger charge is 2.29. The Kier molecular flexibility index (Phi) is 2.65. The highest BCUT2D eigenvalue weighted by Crippen LogP contribution is 2.08. The summed E-state index contributed by atoms with van der Waals surface area (Å²) in [5, 5.41) is 8.83. The van der Waals surface area contributed by atoms with Gasteiger partial charge in [-0.2, -0.15) is 0 Å².